The number of para-hydroxylation sites is 2. The van der Waals surface area contributed by atoms with E-state index in [1.807, 2.05) is 36.7 Å². The highest BCUT2D eigenvalue weighted by Crippen LogP contribution is 2.19. The normalized spacial score (nSPS) is 13.4. The van der Waals surface area contributed by atoms with E-state index in [2.05, 4.69) is 33.1 Å². The van der Waals surface area contributed by atoms with Crippen LogP contribution in [0.3, 0.4) is 0 Å². The summed E-state index contributed by atoms with van der Waals surface area (Å²) in [7, 11) is 0. The molecule has 5 rings (SSSR count). The van der Waals surface area contributed by atoms with Crippen molar-refractivity contribution >= 4 is 28.7 Å². The van der Waals surface area contributed by atoms with E-state index in [9.17, 15) is 9.59 Å². The van der Waals surface area contributed by atoms with Crippen LogP contribution in [0.5, 0.6) is 0 Å². The summed E-state index contributed by atoms with van der Waals surface area (Å²) < 4.78 is 7.07. The van der Waals surface area contributed by atoms with E-state index in [0.717, 1.165) is 27.8 Å². The Morgan fingerprint density at radius 1 is 1.00 bits per heavy atom. The smallest absolute Gasteiger partial charge is 0.414 e. The first kappa shape index (κ1) is 19.8. The Labute approximate surface area is 185 Å². The second kappa shape index (κ2) is 8.55. The third-order valence-electron chi connectivity index (χ3n) is 5.53. The molecule has 4 aromatic rings. The van der Waals surface area contributed by atoms with E-state index < -0.39 is 0 Å². The first-order valence-corrected chi connectivity index (χ1v) is 10.5. The molecule has 2 heterocycles. The number of carbonyl (C=O) groups is 2. The molecule has 32 heavy (non-hydrogen) atoms. The minimum absolute atomic E-state index is 0.161. The first-order valence-electron chi connectivity index (χ1n) is 10.5. The van der Waals surface area contributed by atoms with Gasteiger partial charge in [-0.1, -0.05) is 36.4 Å². The van der Waals surface area contributed by atoms with E-state index >= 15 is 0 Å². The lowest BCUT2D eigenvalue weighted by atomic mass is 10.1. The number of hydrogen-bond acceptors (Lipinski definition) is 4. The second-order valence-corrected chi connectivity index (χ2v) is 7.68. The number of ether oxygens (including phenoxy) is 1. The first-order chi connectivity index (χ1) is 15.7. The highest BCUT2D eigenvalue weighted by atomic mass is 16.6. The van der Waals surface area contributed by atoms with E-state index in [0.29, 0.717) is 31.8 Å². The molecule has 160 valence electrons. The number of nitrogens with zero attached hydrogens (tertiary/aromatic N) is 3. The van der Waals surface area contributed by atoms with E-state index in [1.165, 1.54) is 0 Å². The molecule has 1 aromatic heterocycles. The van der Waals surface area contributed by atoms with Gasteiger partial charge in [0, 0.05) is 24.3 Å². The molecule has 1 fully saturated rings. The molecule has 0 aliphatic carbocycles. The van der Waals surface area contributed by atoms with Gasteiger partial charge in [0.25, 0.3) is 5.91 Å². The molecule has 1 N–H and O–H groups in total. The molecule has 1 aliphatic heterocycles. The Kier molecular flexibility index (Phi) is 5.29. The molecule has 7 heteroatoms. The number of rotatable bonds is 6. The van der Waals surface area contributed by atoms with Crippen LogP contribution in [0.25, 0.3) is 11.0 Å². The number of nitrogens with one attached hydrogen (secondary N) is 1. The van der Waals surface area contributed by atoms with Gasteiger partial charge in [0.1, 0.15) is 6.61 Å². The standard InChI is InChI=1S/C25H22N4O3/c30-24(20-8-10-21(11-9-20)29-12-13-32-25(29)31)26-15-18-4-3-5-19(14-18)16-28-17-27-22-6-1-2-7-23(22)28/h1-11,14,17H,12-13,15-16H2,(H,26,30). The number of anilines is 1. The van der Waals surface area contributed by atoms with Crippen LogP contribution in [0.2, 0.25) is 0 Å². The number of fused-ring (bicyclic) bond motifs is 1. The fourth-order valence-corrected chi connectivity index (χ4v) is 3.88. The van der Waals surface area contributed by atoms with Crippen LogP contribution < -0.4 is 10.2 Å². The van der Waals surface area contributed by atoms with Gasteiger partial charge >= 0.3 is 6.09 Å². The average Bonchev–Trinajstić information content (AvgIpc) is 3.44. The maximum atomic E-state index is 12.6. The molecule has 0 unspecified atom stereocenters. The van der Waals surface area contributed by atoms with Crippen LogP contribution in [-0.4, -0.2) is 34.7 Å². The SMILES string of the molecule is O=C(NCc1cccc(Cn2cnc3ccccc32)c1)c1ccc(N2CCOC2=O)cc1. The van der Waals surface area contributed by atoms with Gasteiger partial charge in [-0.15, -0.1) is 0 Å². The lowest BCUT2D eigenvalue weighted by Crippen LogP contribution is -2.24. The highest BCUT2D eigenvalue weighted by molar-refractivity contribution is 5.95. The predicted molar refractivity (Wildman–Crippen MR) is 122 cm³/mol. The third kappa shape index (κ3) is 4.05. The monoisotopic (exact) mass is 426 g/mol. The molecule has 1 saturated heterocycles. The van der Waals surface area contributed by atoms with Gasteiger partial charge in [-0.25, -0.2) is 9.78 Å². The molecule has 7 nitrogen and oxygen atoms in total. The summed E-state index contributed by atoms with van der Waals surface area (Å²) in [5.74, 6) is -0.161. The molecule has 0 bridgehead atoms. The zero-order chi connectivity index (χ0) is 21.9. The Morgan fingerprint density at radius 2 is 1.81 bits per heavy atom. The van der Waals surface area contributed by atoms with Crippen LogP contribution >= 0.6 is 0 Å². The van der Waals surface area contributed by atoms with Crippen molar-refractivity contribution in [3.63, 3.8) is 0 Å². The number of carbonyl (C=O) groups excluding carboxylic acids is 2. The lowest BCUT2D eigenvalue weighted by molar-refractivity contribution is 0.0951. The summed E-state index contributed by atoms with van der Waals surface area (Å²) in [5.41, 5.74) is 5.50. The molecule has 1 aliphatic rings. The summed E-state index contributed by atoms with van der Waals surface area (Å²) in [5, 5.41) is 2.97. The number of amides is 2. The van der Waals surface area contributed by atoms with Crippen LogP contribution in [0, 0.1) is 0 Å². The number of cyclic esters (lactones) is 1. The highest BCUT2D eigenvalue weighted by Gasteiger charge is 2.23. The van der Waals surface area contributed by atoms with Gasteiger partial charge in [-0.2, -0.15) is 0 Å². The fraction of sp³-hybridized carbons (Fsp3) is 0.160. The van der Waals surface area contributed by atoms with E-state index in [1.54, 1.807) is 29.2 Å². The third-order valence-corrected chi connectivity index (χ3v) is 5.53. The minimum atomic E-state index is -0.356. The molecule has 2 amide bonds. The van der Waals surface area contributed by atoms with Crippen molar-refractivity contribution in [3.8, 4) is 0 Å². The molecule has 0 spiro atoms. The summed E-state index contributed by atoms with van der Waals surface area (Å²) in [6, 6.07) is 23.2. The molecular weight excluding hydrogens is 404 g/mol. The Hall–Kier alpha value is -4.13. The van der Waals surface area contributed by atoms with Gasteiger partial charge in [0.05, 0.1) is 23.9 Å². The minimum Gasteiger partial charge on any atom is -0.447 e. The van der Waals surface area contributed by atoms with Crippen molar-refractivity contribution in [2.24, 2.45) is 0 Å². The molecule has 0 atom stereocenters. The zero-order valence-electron chi connectivity index (χ0n) is 17.4. The Morgan fingerprint density at radius 3 is 2.62 bits per heavy atom. The summed E-state index contributed by atoms with van der Waals surface area (Å²) in [6.07, 6.45) is 1.50. The predicted octanol–water partition coefficient (Wildman–Crippen LogP) is 3.97. The van der Waals surface area contributed by atoms with Crippen LogP contribution in [0.4, 0.5) is 10.5 Å². The maximum absolute atomic E-state index is 12.6. The summed E-state index contributed by atoms with van der Waals surface area (Å²) in [6.45, 7) is 2.05. The molecule has 0 radical (unpaired) electrons. The zero-order valence-corrected chi connectivity index (χ0v) is 17.4. The van der Waals surface area contributed by atoms with Gasteiger partial charge in [0.2, 0.25) is 0 Å². The Balaban J connectivity index is 1.22. The number of benzene rings is 3. The van der Waals surface area contributed by atoms with Crippen molar-refractivity contribution in [3.05, 3.63) is 95.8 Å². The molecule has 3 aromatic carbocycles. The van der Waals surface area contributed by atoms with Crippen molar-refractivity contribution in [2.75, 3.05) is 18.1 Å². The second-order valence-electron chi connectivity index (χ2n) is 7.68. The molecule has 0 saturated carbocycles. The van der Waals surface area contributed by atoms with Crippen molar-refractivity contribution < 1.29 is 14.3 Å². The molecular formula is C25H22N4O3. The lowest BCUT2D eigenvalue weighted by Gasteiger charge is -2.13. The quantitative estimate of drug-likeness (QED) is 0.506. The van der Waals surface area contributed by atoms with Crippen LogP contribution in [-0.2, 0) is 17.8 Å². The summed E-state index contributed by atoms with van der Waals surface area (Å²) >= 11 is 0. The van der Waals surface area contributed by atoms with Crippen LogP contribution in [0.1, 0.15) is 21.5 Å². The van der Waals surface area contributed by atoms with Crippen LogP contribution in [0.15, 0.2) is 79.1 Å². The van der Waals surface area contributed by atoms with E-state index in [-0.39, 0.29) is 12.0 Å². The number of hydrogen-bond donors (Lipinski definition) is 1. The summed E-state index contributed by atoms with van der Waals surface area (Å²) in [4.78, 5) is 30.2. The number of aromatic nitrogens is 2. The average molecular weight is 426 g/mol. The van der Waals surface area contributed by atoms with Crippen molar-refractivity contribution in [1.82, 2.24) is 14.9 Å². The van der Waals surface area contributed by atoms with Crippen molar-refractivity contribution in [1.29, 1.82) is 0 Å². The van der Waals surface area contributed by atoms with Gasteiger partial charge < -0.3 is 14.6 Å². The maximum Gasteiger partial charge on any atom is 0.414 e. The largest absolute Gasteiger partial charge is 0.447 e. The topological polar surface area (TPSA) is 76.5 Å². The number of imidazole rings is 1. The van der Waals surface area contributed by atoms with Gasteiger partial charge in [0.15, 0.2) is 0 Å². The van der Waals surface area contributed by atoms with Crippen molar-refractivity contribution in [2.45, 2.75) is 13.1 Å². The van der Waals surface area contributed by atoms with E-state index in [4.69, 9.17) is 4.74 Å². The van der Waals surface area contributed by atoms with Gasteiger partial charge in [-0.05, 0) is 47.5 Å². The fourth-order valence-electron chi connectivity index (χ4n) is 3.88. The Bertz CT molecular complexity index is 1280. The van der Waals surface area contributed by atoms with Gasteiger partial charge in [-0.3, -0.25) is 9.69 Å².